The van der Waals surface area contributed by atoms with E-state index in [1.54, 1.807) is 12.1 Å². The molecule has 0 saturated heterocycles. The number of phenolic OH excluding ortho intramolecular Hbond substituents is 1. The van der Waals surface area contributed by atoms with Crippen LogP contribution in [0, 0.1) is 0 Å². The first kappa shape index (κ1) is 14.4. The van der Waals surface area contributed by atoms with Crippen molar-refractivity contribution in [1.82, 2.24) is 4.90 Å². The quantitative estimate of drug-likeness (QED) is 0.879. The minimum atomic E-state index is 0.148. The van der Waals surface area contributed by atoms with Gasteiger partial charge in [-0.1, -0.05) is 35.9 Å². The Labute approximate surface area is 131 Å². The summed E-state index contributed by atoms with van der Waals surface area (Å²) in [6, 6.07) is 14.1. The third-order valence-electron chi connectivity index (χ3n) is 4.37. The summed E-state index contributed by atoms with van der Waals surface area (Å²) in [5.41, 5.74) is 3.74. The summed E-state index contributed by atoms with van der Waals surface area (Å²) in [7, 11) is 0. The van der Waals surface area contributed by atoms with E-state index in [9.17, 15) is 5.11 Å². The smallest absolute Gasteiger partial charge is 0.120 e. The third kappa shape index (κ3) is 3.07. The third-order valence-corrected chi connectivity index (χ3v) is 4.61. The minimum Gasteiger partial charge on any atom is -0.508 e. The summed E-state index contributed by atoms with van der Waals surface area (Å²) in [6.45, 7) is 4.09. The zero-order valence-corrected chi connectivity index (χ0v) is 13.0. The standard InChI is InChI=1S/C18H20ClNO/c1-13(17-11-16(19)8-9-18(17)21)20-10-4-7-14-5-2-3-6-15(14)12-20/h2-3,5-6,8-9,11,13,21H,4,7,10,12H2,1H3. The number of nitrogens with zero attached hydrogens (tertiary/aromatic N) is 1. The van der Waals surface area contributed by atoms with Gasteiger partial charge in [-0.25, -0.2) is 0 Å². The highest BCUT2D eigenvalue weighted by molar-refractivity contribution is 6.30. The predicted octanol–water partition coefficient (Wildman–Crippen LogP) is 4.56. The Kier molecular flexibility index (Phi) is 4.18. The van der Waals surface area contributed by atoms with Gasteiger partial charge in [0, 0.05) is 23.2 Å². The molecule has 1 heterocycles. The number of aromatic hydroxyl groups is 1. The van der Waals surface area contributed by atoms with Crippen molar-refractivity contribution in [3.05, 3.63) is 64.2 Å². The first-order valence-corrected chi connectivity index (χ1v) is 7.82. The van der Waals surface area contributed by atoms with Gasteiger partial charge < -0.3 is 5.11 Å². The lowest BCUT2D eigenvalue weighted by Crippen LogP contribution is -2.26. The Morgan fingerprint density at radius 2 is 1.90 bits per heavy atom. The summed E-state index contributed by atoms with van der Waals surface area (Å²) in [4.78, 5) is 2.41. The van der Waals surface area contributed by atoms with Gasteiger partial charge in [-0.15, -0.1) is 0 Å². The predicted molar refractivity (Wildman–Crippen MR) is 86.7 cm³/mol. The molecule has 0 radical (unpaired) electrons. The fourth-order valence-corrected chi connectivity index (χ4v) is 3.29. The van der Waals surface area contributed by atoms with Gasteiger partial charge in [-0.2, -0.15) is 0 Å². The molecule has 0 saturated carbocycles. The Morgan fingerprint density at radius 3 is 2.71 bits per heavy atom. The molecular formula is C18H20ClNO. The maximum absolute atomic E-state index is 10.1. The van der Waals surface area contributed by atoms with Crippen LogP contribution in [-0.4, -0.2) is 16.6 Å². The van der Waals surface area contributed by atoms with Gasteiger partial charge in [-0.3, -0.25) is 4.90 Å². The molecule has 1 aliphatic rings. The largest absolute Gasteiger partial charge is 0.508 e. The Morgan fingerprint density at radius 1 is 1.14 bits per heavy atom. The van der Waals surface area contributed by atoms with Gasteiger partial charge in [-0.05, 0) is 55.6 Å². The molecule has 2 aromatic rings. The van der Waals surface area contributed by atoms with E-state index >= 15 is 0 Å². The fraction of sp³-hybridized carbons (Fsp3) is 0.333. The monoisotopic (exact) mass is 301 g/mol. The van der Waals surface area contributed by atoms with E-state index in [2.05, 4.69) is 36.1 Å². The molecule has 1 atom stereocenters. The van der Waals surface area contributed by atoms with Crippen molar-refractivity contribution in [2.24, 2.45) is 0 Å². The maximum Gasteiger partial charge on any atom is 0.120 e. The van der Waals surface area contributed by atoms with Crippen LogP contribution in [0.5, 0.6) is 5.75 Å². The van der Waals surface area contributed by atoms with Crippen molar-refractivity contribution in [2.75, 3.05) is 6.54 Å². The highest BCUT2D eigenvalue weighted by Gasteiger charge is 2.22. The van der Waals surface area contributed by atoms with Crippen LogP contribution in [-0.2, 0) is 13.0 Å². The summed E-state index contributed by atoms with van der Waals surface area (Å²) < 4.78 is 0. The SMILES string of the molecule is CC(c1cc(Cl)ccc1O)N1CCCc2ccccc2C1. The normalized spacial score (nSPS) is 17.0. The van der Waals surface area contributed by atoms with Crippen LogP contribution in [0.2, 0.25) is 5.02 Å². The van der Waals surface area contributed by atoms with Gasteiger partial charge >= 0.3 is 0 Å². The molecule has 1 aliphatic heterocycles. The van der Waals surface area contributed by atoms with Gasteiger partial charge in [0.05, 0.1) is 0 Å². The summed E-state index contributed by atoms with van der Waals surface area (Å²) in [5, 5.41) is 10.8. The van der Waals surface area contributed by atoms with E-state index < -0.39 is 0 Å². The van der Waals surface area contributed by atoms with Crippen LogP contribution in [0.15, 0.2) is 42.5 Å². The zero-order chi connectivity index (χ0) is 14.8. The van der Waals surface area contributed by atoms with Gasteiger partial charge in [0.2, 0.25) is 0 Å². The molecule has 0 bridgehead atoms. The lowest BCUT2D eigenvalue weighted by molar-refractivity contribution is 0.201. The first-order valence-electron chi connectivity index (χ1n) is 7.44. The van der Waals surface area contributed by atoms with Gasteiger partial charge in [0.1, 0.15) is 5.75 Å². The number of halogens is 1. The summed E-state index contributed by atoms with van der Waals surface area (Å²) >= 11 is 6.08. The number of benzene rings is 2. The molecule has 110 valence electrons. The highest BCUT2D eigenvalue weighted by Crippen LogP contribution is 2.33. The molecule has 2 nitrogen and oxygen atoms in total. The number of rotatable bonds is 2. The lowest BCUT2D eigenvalue weighted by Gasteiger charge is -2.28. The van der Waals surface area contributed by atoms with Crippen molar-refractivity contribution >= 4 is 11.6 Å². The van der Waals surface area contributed by atoms with Crippen LogP contribution < -0.4 is 0 Å². The topological polar surface area (TPSA) is 23.5 Å². The van der Waals surface area contributed by atoms with Crippen LogP contribution >= 0.6 is 11.6 Å². The number of fused-ring (bicyclic) bond motifs is 1. The molecule has 0 aliphatic carbocycles. The molecule has 2 aromatic carbocycles. The van der Waals surface area contributed by atoms with Crippen molar-refractivity contribution < 1.29 is 5.11 Å². The molecule has 21 heavy (non-hydrogen) atoms. The van der Waals surface area contributed by atoms with Crippen LogP contribution in [0.25, 0.3) is 0 Å². The Balaban J connectivity index is 1.88. The van der Waals surface area contributed by atoms with Crippen LogP contribution in [0.3, 0.4) is 0 Å². The van der Waals surface area contributed by atoms with Crippen molar-refractivity contribution in [2.45, 2.75) is 32.4 Å². The second kappa shape index (κ2) is 6.08. The van der Waals surface area contributed by atoms with Gasteiger partial charge in [0.15, 0.2) is 0 Å². The highest BCUT2D eigenvalue weighted by atomic mass is 35.5. The average molecular weight is 302 g/mol. The second-order valence-corrected chi connectivity index (χ2v) is 6.16. The van der Waals surface area contributed by atoms with E-state index in [-0.39, 0.29) is 6.04 Å². The Hall–Kier alpha value is -1.51. The average Bonchev–Trinajstić information content (AvgIpc) is 2.71. The lowest BCUT2D eigenvalue weighted by atomic mass is 10.0. The summed E-state index contributed by atoms with van der Waals surface area (Å²) in [6.07, 6.45) is 2.27. The van der Waals surface area contributed by atoms with E-state index in [0.29, 0.717) is 10.8 Å². The Bertz CT molecular complexity index is 641. The molecule has 3 heteroatoms. The van der Waals surface area contributed by atoms with E-state index in [1.807, 2.05) is 6.07 Å². The summed E-state index contributed by atoms with van der Waals surface area (Å²) in [5.74, 6) is 0.324. The number of aryl methyl sites for hydroxylation is 1. The molecule has 0 aromatic heterocycles. The van der Waals surface area contributed by atoms with E-state index in [0.717, 1.165) is 31.5 Å². The van der Waals surface area contributed by atoms with Crippen molar-refractivity contribution in [1.29, 1.82) is 0 Å². The van der Waals surface area contributed by atoms with Crippen LogP contribution in [0.1, 0.15) is 36.1 Å². The molecule has 0 spiro atoms. The second-order valence-electron chi connectivity index (χ2n) is 5.72. The fourth-order valence-electron chi connectivity index (χ4n) is 3.11. The van der Waals surface area contributed by atoms with E-state index in [1.165, 1.54) is 11.1 Å². The molecule has 0 fully saturated rings. The zero-order valence-electron chi connectivity index (χ0n) is 12.2. The number of phenols is 1. The van der Waals surface area contributed by atoms with Crippen molar-refractivity contribution in [3.63, 3.8) is 0 Å². The molecule has 1 unspecified atom stereocenters. The number of hydrogen-bond donors (Lipinski definition) is 1. The number of hydrogen-bond acceptors (Lipinski definition) is 2. The molecular weight excluding hydrogens is 282 g/mol. The van der Waals surface area contributed by atoms with Crippen LogP contribution in [0.4, 0.5) is 0 Å². The maximum atomic E-state index is 10.1. The minimum absolute atomic E-state index is 0.148. The van der Waals surface area contributed by atoms with Gasteiger partial charge in [0.25, 0.3) is 0 Å². The van der Waals surface area contributed by atoms with E-state index in [4.69, 9.17) is 11.6 Å². The molecule has 3 rings (SSSR count). The molecule has 0 amide bonds. The molecule has 1 N–H and O–H groups in total. The van der Waals surface area contributed by atoms with Crippen molar-refractivity contribution in [3.8, 4) is 5.75 Å². The first-order chi connectivity index (χ1) is 10.1.